The number of nitrogens with zero attached hydrogens (tertiary/aromatic N) is 3. The summed E-state index contributed by atoms with van der Waals surface area (Å²) in [5.74, 6) is -8.50. The highest BCUT2D eigenvalue weighted by Gasteiger charge is 2.83. The summed E-state index contributed by atoms with van der Waals surface area (Å²) in [4.78, 5) is 17.5. The Morgan fingerprint density at radius 1 is 0.915 bits per heavy atom. The van der Waals surface area contributed by atoms with Gasteiger partial charge in [0.25, 0.3) is 10.0 Å². The van der Waals surface area contributed by atoms with E-state index in [1.165, 1.54) is 20.8 Å². The summed E-state index contributed by atoms with van der Waals surface area (Å²) in [5, 5.41) is -9.35. The Balaban J connectivity index is 1.49. The van der Waals surface area contributed by atoms with Crippen molar-refractivity contribution in [2.75, 3.05) is 13.1 Å². The third-order valence-electron chi connectivity index (χ3n) is 8.57. The third kappa shape index (κ3) is 5.92. The summed E-state index contributed by atoms with van der Waals surface area (Å²) in [6, 6.07) is 10.2. The van der Waals surface area contributed by atoms with Crippen molar-refractivity contribution in [3.05, 3.63) is 41.4 Å². The third-order valence-corrected chi connectivity index (χ3v) is 12.8. The molecule has 2 heterocycles. The molecule has 1 aromatic heterocycles. The van der Waals surface area contributed by atoms with E-state index in [4.69, 9.17) is 0 Å². The monoisotopic (exact) mass is 727 g/mol. The molecule has 3 aromatic rings. The zero-order chi connectivity index (χ0) is 34.8. The van der Waals surface area contributed by atoms with Crippen molar-refractivity contribution in [1.82, 2.24) is 9.29 Å². The second-order valence-corrected chi connectivity index (χ2v) is 17.3. The van der Waals surface area contributed by atoms with Crippen LogP contribution in [0.4, 0.5) is 26.3 Å². The van der Waals surface area contributed by atoms with Crippen LogP contribution in [-0.4, -0.2) is 67.1 Å². The lowest BCUT2D eigenvalue weighted by Gasteiger charge is -2.42. The van der Waals surface area contributed by atoms with Gasteiger partial charge in [0.05, 0.1) is 10.2 Å². The van der Waals surface area contributed by atoms with E-state index in [0.29, 0.717) is 34.9 Å². The fourth-order valence-corrected chi connectivity index (χ4v) is 9.22. The lowest BCUT2D eigenvalue weighted by atomic mass is 9.76. The predicted molar refractivity (Wildman–Crippen MR) is 164 cm³/mol. The summed E-state index contributed by atoms with van der Waals surface area (Å²) in [7, 11) is -13.7. The number of Topliss-reactive ketones (excluding diaryl/α,β-unsaturated/α-hetero) is 1. The van der Waals surface area contributed by atoms with Crippen molar-refractivity contribution in [1.29, 1.82) is 0 Å². The number of ketones is 1. The number of carbonyl (C=O) groups is 1. The molecule has 2 atom stereocenters. The minimum absolute atomic E-state index is 0.0199. The lowest BCUT2D eigenvalue weighted by Crippen LogP contribution is -2.64. The molecule has 0 radical (unpaired) electrons. The van der Waals surface area contributed by atoms with Gasteiger partial charge in [-0.1, -0.05) is 75.5 Å². The summed E-state index contributed by atoms with van der Waals surface area (Å²) in [6.07, 6.45) is 2.67. The highest BCUT2D eigenvalue weighted by atomic mass is 32.2. The smallest absolute Gasteiger partial charge is 0.292 e. The molecule has 2 aliphatic rings. The second-order valence-electron chi connectivity index (χ2n) is 12.8. The first-order chi connectivity index (χ1) is 21.6. The average molecular weight is 728 g/mol. The van der Waals surface area contributed by atoms with Crippen LogP contribution in [0.25, 0.3) is 21.0 Å². The molecule has 1 saturated carbocycles. The minimum atomic E-state index is -7.17. The van der Waals surface area contributed by atoms with Crippen molar-refractivity contribution in [2.45, 2.75) is 69.3 Å². The predicted octanol–water partition coefficient (Wildman–Crippen LogP) is 6.78. The number of thiazole rings is 1. The Kier molecular flexibility index (Phi) is 9.02. The quantitative estimate of drug-likeness (QED) is 0.135. The largest absolute Gasteiger partial charge is 0.452 e. The molecule has 2 fully saturated rings. The SMILES string of the molecule is CC(C)(C)C(=O)/C(=N\OS(=O)(=O)C(F)(F)C(F)(F)C(F)(F)S(=O)(=O)N1CCC2CCCCC2C1)c1nc2ccc3ccccc3c2s1. The van der Waals surface area contributed by atoms with Gasteiger partial charge in [-0.2, -0.15) is 39.1 Å². The van der Waals surface area contributed by atoms with Crippen molar-refractivity contribution in [2.24, 2.45) is 22.4 Å². The van der Waals surface area contributed by atoms with Gasteiger partial charge in [-0.15, -0.1) is 11.3 Å². The first-order valence-electron chi connectivity index (χ1n) is 14.6. The van der Waals surface area contributed by atoms with Crippen molar-refractivity contribution >= 4 is 64.0 Å². The molecule has 2 unspecified atom stereocenters. The first-order valence-corrected chi connectivity index (χ1v) is 18.3. The summed E-state index contributed by atoms with van der Waals surface area (Å²) < 4.78 is 146. The molecule has 0 spiro atoms. The number of piperidine rings is 1. The van der Waals surface area contributed by atoms with Crippen LogP contribution in [0.15, 0.2) is 41.6 Å². The normalized spacial score (nSPS) is 21.2. The van der Waals surface area contributed by atoms with E-state index in [0.717, 1.165) is 23.1 Å². The summed E-state index contributed by atoms with van der Waals surface area (Å²) >= 11 is 0.796. The van der Waals surface area contributed by atoms with E-state index in [-0.39, 0.29) is 21.7 Å². The number of fused-ring (bicyclic) bond motifs is 4. The van der Waals surface area contributed by atoms with Gasteiger partial charge >= 0.3 is 26.5 Å². The van der Waals surface area contributed by atoms with Crippen molar-refractivity contribution in [3.8, 4) is 0 Å². The maximum Gasteiger partial charge on any atom is 0.452 e. The minimum Gasteiger partial charge on any atom is -0.292 e. The lowest BCUT2D eigenvalue weighted by molar-refractivity contribution is -0.247. The Hall–Kier alpha value is -2.83. The molecule has 1 saturated heterocycles. The van der Waals surface area contributed by atoms with E-state index < -0.39 is 72.5 Å². The molecule has 2 aromatic carbocycles. The maximum absolute atomic E-state index is 15.1. The number of oxime groups is 1. The van der Waals surface area contributed by atoms with E-state index in [2.05, 4.69) is 14.4 Å². The van der Waals surface area contributed by atoms with Gasteiger partial charge in [0, 0.05) is 23.9 Å². The maximum atomic E-state index is 15.1. The molecule has 0 bridgehead atoms. The Morgan fingerprint density at radius 3 is 2.21 bits per heavy atom. The Labute approximate surface area is 271 Å². The molecule has 5 rings (SSSR count). The molecule has 9 nitrogen and oxygen atoms in total. The van der Waals surface area contributed by atoms with Gasteiger partial charge in [-0.05, 0) is 36.1 Å². The molecule has 1 aliphatic carbocycles. The van der Waals surface area contributed by atoms with Crippen LogP contribution >= 0.6 is 11.3 Å². The second kappa shape index (κ2) is 11.9. The van der Waals surface area contributed by atoms with Gasteiger partial charge in [-0.3, -0.25) is 9.08 Å². The molecule has 47 heavy (non-hydrogen) atoms. The van der Waals surface area contributed by atoms with E-state index in [1.54, 1.807) is 36.4 Å². The number of carbonyl (C=O) groups excluding carboxylic acids is 1. The summed E-state index contributed by atoms with van der Waals surface area (Å²) in [5.41, 5.74) is -2.04. The molecular formula is C29H31F6N3O6S3. The van der Waals surface area contributed by atoms with Crippen LogP contribution in [0.1, 0.15) is 57.9 Å². The van der Waals surface area contributed by atoms with Gasteiger partial charge in [0.2, 0.25) is 0 Å². The number of benzene rings is 2. The van der Waals surface area contributed by atoms with Gasteiger partial charge in [0.1, 0.15) is 5.01 Å². The van der Waals surface area contributed by atoms with Crippen molar-refractivity contribution < 1.29 is 52.3 Å². The number of aromatic nitrogens is 1. The summed E-state index contributed by atoms with van der Waals surface area (Å²) in [6.45, 7) is 2.85. The number of hydrogen-bond acceptors (Lipinski definition) is 9. The number of halogens is 6. The average Bonchev–Trinajstić information content (AvgIpc) is 3.44. The van der Waals surface area contributed by atoms with Crippen LogP contribution < -0.4 is 0 Å². The van der Waals surface area contributed by atoms with Crippen LogP contribution in [0, 0.1) is 17.3 Å². The Morgan fingerprint density at radius 2 is 1.55 bits per heavy atom. The number of hydrogen-bond donors (Lipinski definition) is 0. The highest BCUT2D eigenvalue weighted by molar-refractivity contribution is 7.90. The van der Waals surface area contributed by atoms with E-state index in [9.17, 15) is 21.6 Å². The van der Waals surface area contributed by atoms with Gasteiger partial charge in [0.15, 0.2) is 11.5 Å². The zero-order valence-electron chi connectivity index (χ0n) is 25.4. The first kappa shape index (κ1) is 35.5. The van der Waals surface area contributed by atoms with E-state index >= 15 is 26.3 Å². The van der Waals surface area contributed by atoms with Gasteiger partial charge in [-0.25, -0.2) is 13.4 Å². The fraction of sp³-hybridized carbons (Fsp3) is 0.552. The van der Waals surface area contributed by atoms with Crippen LogP contribution in [0.3, 0.4) is 0 Å². The standard InChI is InChI=1S/C29H31F6N3O6S3/c1-26(2,3)24(39)22(25-36-21-13-12-18-9-6-7-11-20(18)23(21)45-25)37-44-47(42,43)29(34,35)27(30,31)28(32,33)46(40,41)38-15-14-17-8-4-5-10-19(17)16-38/h6-7,9,11-13,17,19H,4-5,8,10,14-16H2,1-3H3/b37-22+. The van der Waals surface area contributed by atoms with E-state index in [1.807, 2.05) is 0 Å². The number of sulfonamides is 1. The zero-order valence-corrected chi connectivity index (χ0v) is 27.8. The number of alkyl halides is 6. The van der Waals surface area contributed by atoms with Crippen LogP contribution in [0.2, 0.25) is 0 Å². The number of rotatable bonds is 9. The topological polar surface area (TPSA) is 123 Å². The van der Waals surface area contributed by atoms with Crippen LogP contribution in [-0.2, 0) is 29.2 Å². The molecule has 258 valence electrons. The molecular weight excluding hydrogens is 697 g/mol. The molecule has 0 amide bonds. The molecule has 0 N–H and O–H groups in total. The highest BCUT2D eigenvalue weighted by Crippen LogP contribution is 2.53. The molecule has 1 aliphatic heterocycles. The van der Waals surface area contributed by atoms with Crippen molar-refractivity contribution in [3.63, 3.8) is 0 Å². The van der Waals surface area contributed by atoms with Crippen LogP contribution in [0.5, 0.6) is 0 Å². The van der Waals surface area contributed by atoms with Gasteiger partial charge < -0.3 is 0 Å². The Bertz CT molecular complexity index is 1960. The molecule has 18 heteroatoms. The fourth-order valence-electron chi connectivity index (χ4n) is 5.86.